The molecule has 1 fully saturated rings. The number of aliphatic imine (C=N–C) groups is 1. The van der Waals surface area contributed by atoms with Gasteiger partial charge in [0.2, 0.25) is 0 Å². The van der Waals surface area contributed by atoms with Gasteiger partial charge >= 0.3 is 0 Å². The fourth-order valence-electron chi connectivity index (χ4n) is 2.70. The molecule has 1 rings (SSSR count). The fourth-order valence-corrected chi connectivity index (χ4v) is 2.70. The number of halogens is 1. The SMILES string of the molecule is C=CCNC(N)=NCCCN1CC(C)CC(C)C1.I. The lowest BCUT2D eigenvalue weighted by Crippen LogP contribution is -2.39. The third-order valence-corrected chi connectivity index (χ3v) is 3.29. The van der Waals surface area contributed by atoms with E-state index in [1.165, 1.54) is 19.5 Å². The molecule has 0 spiro atoms. The Morgan fingerprint density at radius 1 is 1.42 bits per heavy atom. The summed E-state index contributed by atoms with van der Waals surface area (Å²) in [7, 11) is 0. The summed E-state index contributed by atoms with van der Waals surface area (Å²) in [5.41, 5.74) is 5.70. The predicted molar refractivity (Wildman–Crippen MR) is 94.1 cm³/mol. The van der Waals surface area contributed by atoms with Crippen molar-refractivity contribution in [2.75, 3.05) is 32.7 Å². The van der Waals surface area contributed by atoms with Crippen LogP contribution in [-0.4, -0.2) is 43.6 Å². The molecule has 112 valence electrons. The van der Waals surface area contributed by atoms with Gasteiger partial charge in [0, 0.05) is 26.2 Å². The van der Waals surface area contributed by atoms with Crippen LogP contribution in [0.2, 0.25) is 0 Å². The highest BCUT2D eigenvalue weighted by molar-refractivity contribution is 14.0. The van der Waals surface area contributed by atoms with Gasteiger partial charge in [-0.05, 0) is 31.2 Å². The van der Waals surface area contributed by atoms with Crippen LogP contribution >= 0.6 is 24.0 Å². The second-order valence-electron chi connectivity index (χ2n) is 5.50. The summed E-state index contributed by atoms with van der Waals surface area (Å²) >= 11 is 0. The molecule has 0 saturated carbocycles. The highest BCUT2D eigenvalue weighted by atomic mass is 127. The summed E-state index contributed by atoms with van der Waals surface area (Å²) in [6.45, 7) is 13.4. The lowest BCUT2D eigenvalue weighted by atomic mass is 9.92. The number of nitrogens with two attached hydrogens (primary N) is 1. The molecule has 2 atom stereocenters. The molecule has 0 aromatic rings. The van der Waals surface area contributed by atoms with Crippen LogP contribution in [0.25, 0.3) is 0 Å². The Kier molecular flexibility index (Phi) is 10.3. The van der Waals surface area contributed by atoms with Crippen molar-refractivity contribution in [2.45, 2.75) is 26.7 Å². The maximum atomic E-state index is 5.70. The topological polar surface area (TPSA) is 53.6 Å². The Morgan fingerprint density at radius 2 is 2.05 bits per heavy atom. The number of rotatable bonds is 6. The van der Waals surface area contributed by atoms with E-state index in [9.17, 15) is 0 Å². The standard InChI is InChI=1S/C14H28N4.HI/c1-4-6-16-14(15)17-7-5-8-18-10-12(2)9-13(3)11-18;/h4,12-13H,1,5-11H2,2-3H3,(H3,15,16,17);1H. The Morgan fingerprint density at radius 3 is 2.63 bits per heavy atom. The minimum absolute atomic E-state index is 0. The van der Waals surface area contributed by atoms with Crippen molar-refractivity contribution in [1.29, 1.82) is 0 Å². The number of hydrogen-bond acceptors (Lipinski definition) is 2. The minimum Gasteiger partial charge on any atom is -0.370 e. The van der Waals surface area contributed by atoms with Gasteiger partial charge in [-0.25, -0.2) is 0 Å². The highest BCUT2D eigenvalue weighted by Gasteiger charge is 2.20. The van der Waals surface area contributed by atoms with Crippen LogP contribution < -0.4 is 11.1 Å². The van der Waals surface area contributed by atoms with Gasteiger partial charge in [0.05, 0.1) is 0 Å². The summed E-state index contributed by atoms with van der Waals surface area (Å²) in [6.07, 6.45) is 4.22. The van der Waals surface area contributed by atoms with Crippen LogP contribution in [-0.2, 0) is 0 Å². The van der Waals surface area contributed by atoms with Crippen molar-refractivity contribution in [1.82, 2.24) is 10.2 Å². The van der Waals surface area contributed by atoms with Crippen molar-refractivity contribution in [3.8, 4) is 0 Å². The Labute approximate surface area is 134 Å². The predicted octanol–water partition coefficient (Wildman–Crippen LogP) is 2.06. The van der Waals surface area contributed by atoms with Crippen molar-refractivity contribution >= 4 is 29.9 Å². The zero-order valence-electron chi connectivity index (χ0n) is 12.3. The Balaban J connectivity index is 0.00000324. The first-order valence-corrected chi connectivity index (χ1v) is 6.98. The molecule has 5 heteroatoms. The number of nitrogens with zero attached hydrogens (tertiary/aromatic N) is 2. The molecule has 1 aliphatic heterocycles. The van der Waals surface area contributed by atoms with Gasteiger partial charge in [-0.2, -0.15) is 0 Å². The third kappa shape index (κ3) is 8.47. The van der Waals surface area contributed by atoms with E-state index >= 15 is 0 Å². The zero-order valence-corrected chi connectivity index (χ0v) is 14.6. The number of guanidine groups is 1. The van der Waals surface area contributed by atoms with E-state index in [4.69, 9.17) is 5.73 Å². The second-order valence-corrected chi connectivity index (χ2v) is 5.50. The Hall–Kier alpha value is -0.300. The quantitative estimate of drug-likeness (QED) is 0.244. The molecule has 0 amide bonds. The molecular formula is C14H29IN4. The molecule has 0 aromatic carbocycles. The van der Waals surface area contributed by atoms with Gasteiger partial charge < -0.3 is 16.0 Å². The summed E-state index contributed by atoms with van der Waals surface area (Å²) < 4.78 is 0. The van der Waals surface area contributed by atoms with E-state index in [0.29, 0.717) is 12.5 Å². The van der Waals surface area contributed by atoms with Crippen LogP contribution in [0, 0.1) is 11.8 Å². The molecule has 0 bridgehead atoms. The first kappa shape index (κ1) is 18.7. The van der Waals surface area contributed by atoms with Crippen LogP contribution in [0.5, 0.6) is 0 Å². The molecular weight excluding hydrogens is 351 g/mol. The van der Waals surface area contributed by atoms with E-state index < -0.39 is 0 Å². The van der Waals surface area contributed by atoms with Gasteiger partial charge in [0.15, 0.2) is 5.96 Å². The molecule has 0 radical (unpaired) electrons. The lowest BCUT2D eigenvalue weighted by molar-refractivity contribution is 0.140. The van der Waals surface area contributed by atoms with Crippen LogP contribution in [0.3, 0.4) is 0 Å². The Bertz CT molecular complexity index is 271. The number of nitrogens with one attached hydrogen (secondary N) is 1. The maximum absolute atomic E-state index is 5.70. The lowest BCUT2D eigenvalue weighted by Gasteiger charge is -2.34. The van der Waals surface area contributed by atoms with Gasteiger partial charge in [-0.3, -0.25) is 4.99 Å². The van der Waals surface area contributed by atoms with E-state index in [1.807, 2.05) is 0 Å². The summed E-state index contributed by atoms with van der Waals surface area (Å²) in [4.78, 5) is 6.85. The first-order valence-electron chi connectivity index (χ1n) is 6.98. The minimum atomic E-state index is 0. The van der Waals surface area contributed by atoms with Crippen LogP contribution in [0.1, 0.15) is 26.7 Å². The number of likely N-dealkylation sites (tertiary alicyclic amines) is 1. The molecule has 19 heavy (non-hydrogen) atoms. The molecule has 0 aliphatic carbocycles. The monoisotopic (exact) mass is 380 g/mol. The van der Waals surface area contributed by atoms with Crippen LogP contribution in [0.4, 0.5) is 0 Å². The number of hydrogen-bond donors (Lipinski definition) is 2. The molecule has 1 saturated heterocycles. The molecule has 1 aliphatic rings. The van der Waals surface area contributed by atoms with Crippen molar-refractivity contribution < 1.29 is 0 Å². The highest BCUT2D eigenvalue weighted by Crippen LogP contribution is 2.20. The normalized spacial score (nSPS) is 24.6. The molecule has 3 N–H and O–H groups in total. The van der Waals surface area contributed by atoms with Gasteiger partial charge in [0.25, 0.3) is 0 Å². The van der Waals surface area contributed by atoms with E-state index in [-0.39, 0.29) is 24.0 Å². The fraction of sp³-hybridized carbons (Fsp3) is 0.786. The molecule has 4 nitrogen and oxygen atoms in total. The summed E-state index contributed by atoms with van der Waals surface area (Å²) in [5.74, 6) is 2.18. The van der Waals surface area contributed by atoms with Crippen LogP contribution in [0.15, 0.2) is 17.6 Å². The van der Waals surface area contributed by atoms with Crippen molar-refractivity contribution in [3.63, 3.8) is 0 Å². The second kappa shape index (κ2) is 10.5. The van der Waals surface area contributed by atoms with Crippen molar-refractivity contribution in [2.24, 2.45) is 22.6 Å². The zero-order chi connectivity index (χ0) is 13.4. The molecule has 0 aromatic heterocycles. The summed E-state index contributed by atoms with van der Waals surface area (Å²) in [5, 5.41) is 2.98. The largest absolute Gasteiger partial charge is 0.370 e. The van der Waals surface area contributed by atoms with E-state index in [2.05, 4.69) is 35.6 Å². The van der Waals surface area contributed by atoms with Crippen molar-refractivity contribution in [3.05, 3.63) is 12.7 Å². The van der Waals surface area contributed by atoms with E-state index in [0.717, 1.165) is 31.3 Å². The van der Waals surface area contributed by atoms with E-state index in [1.54, 1.807) is 6.08 Å². The third-order valence-electron chi connectivity index (χ3n) is 3.29. The van der Waals surface area contributed by atoms with Gasteiger partial charge in [-0.1, -0.05) is 19.9 Å². The average molecular weight is 380 g/mol. The average Bonchev–Trinajstić information content (AvgIpc) is 2.31. The summed E-state index contributed by atoms with van der Waals surface area (Å²) in [6, 6.07) is 0. The van der Waals surface area contributed by atoms with Gasteiger partial charge in [-0.15, -0.1) is 30.6 Å². The molecule has 1 heterocycles. The molecule has 2 unspecified atom stereocenters. The number of piperidine rings is 1. The van der Waals surface area contributed by atoms with Gasteiger partial charge in [0.1, 0.15) is 0 Å². The first-order chi connectivity index (χ1) is 8.61. The smallest absolute Gasteiger partial charge is 0.188 e. The maximum Gasteiger partial charge on any atom is 0.188 e.